The molecule has 0 amide bonds. The molecule has 1 heterocycles. The minimum Gasteiger partial charge on any atom is -0.383 e. The van der Waals surface area contributed by atoms with E-state index in [9.17, 15) is 0 Å². The minimum absolute atomic E-state index is 0.679. The van der Waals surface area contributed by atoms with E-state index < -0.39 is 0 Å². The van der Waals surface area contributed by atoms with E-state index in [1.54, 1.807) is 7.11 Å². The second-order valence-electron chi connectivity index (χ2n) is 4.33. The summed E-state index contributed by atoms with van der Waals surface area (Å²) in [4.78, 5) is 4.50. The fraction of sp³-hybridized carbons (Fsp3) is 0.357. The molecule has 0 aliphatic rings. The summed E-state index contributed by atoms with van der Waals surface area (Å²) in [6.07, 6.45) is 2.03. The number of para-hydroxylation sites is 1. The maximum atomic E-state index is 5.11. The summed E-state index contributed by atoms with van der Waals surface area (Å²) in [6.45, 7) is 5.55. The average Bonchev–Trinajstić information content (AvgIpc) is 2.70. The monoisotopic (exact) mass is 245 g/mol. The highest BCUT2D eigenvalue weighted by atomic mass is 16.5. The molecule has 2 aromatic rings. The van der Waals surface area contributed by atoms with E-state index in [0.717, 1.165) is 23.9 Å². The van der Waals surface area contributed by atoms with Gasteiger partial charge < -0.3 is 14.6 Å². The highest BCUT2D eigenvalue weighted by Crippen LogP contribution is 2.19. The second-order valence-corrected chi connectivity index (χ2v) is 4.33. The Morgan fingerprint density at radius 1 is 1.28 bits per heavy atom. The Kier molecular flexibility index (Phi) is 3.99. The second kappa shape index (κ2) is 5.69. The molecular formula is C14H19N3O. The zero-order valence-electron chi connectivity index (χ0n) is 11.1. The van der Waals surface area contributed by atoms with Crippen molar-refractivity contribution in [3.63, 3.8) is 0 Å². The Labute approximate surface area is 108 Å². The van der Waals surface area contributed by atoms with E-state index in [-0.39, 0.29) is 0 Å². The van der Waals surface area contributed by atoms with E-state index in [4.69, 9.17) is 4.74 Å². The fourth-order valence-electron chi connectivity index (χ4n) is 1.84. The maximum Gasteiger partial charge on any atom is 0.207 e. The van der Waals surface area contributed by atoms with Crippen molar-refractivity contribution in [2.45, 2.75) is 20.4 Å². The number of rotatable bonds is 5. The van der Waals surface area contributed by atoms with Crippen LogP contribution in [0.4, 0.5) is 11.6 Å². The lowest BCUT2D eigenvalue weighted by Crippen LogP contribution is -2.07. The molecule has 1 aromatic heterocycles. The third-order valence-electron chi connectivity index (χ3n) is 2.82. The molecule has 0 fully saturated rings. The number of anilines is 2. The summed E-state index contributed by atoms with van der Waals surface area (Å²) >= 11 is 0. The van der Waals surface area contributed by atoms with Gasteiger partial charge in [-0.3, -0.25) is 0 Å². The summed E-state index contributed by atoms with van der Waals surface area (Å²) in [7, 11) is 1.71. The molecule has 0 spiro atoms. The molecule has 0 unspecified atom stereocenters. The Morgan fingerprint density at radius 3 is 2.78 bits per heavy atom. The Bertz CT molecular complexity index is 520. The Hall–Kier alpha value is -1.81. The molecule has 96 valence electrons. The van der Waals surface area contributed by atoms with Gasteiger partial charge >= 0.3 is 0 Å². The van der Waals surface area contributed by atoms with Crippen molar-refractivity contribution in [1.82, 2.24) is 9.55 Å². The van der Waals surface area contributed by atoms with Gasteiger partial charge in [-0.2, -0.15) is 0 Å². The van der Waals surface area contributed by atoms with Crippen LogP contribution in [-0.2, 0) is 11.3 Å². The molecule has 0 bridgehead atoms. The lowest BCUT2D eigenvalue weighted by Gasteiger charge is -2.11. The topological polar surface area (TPSA) is 39.1 Å². The first kappa shape index (κ1) is 12.6. The van der Waals surface area contributed by atoms with Crippen molar-refractivity contribution < 1.29 is 4.74 Å². The molecule has 0 saturated heterocycles. The maximum absolute atomic E-state index is 5.11. The summed E-state index contributed by atoms with van der Waals surface area (Å²) < 4.78 is 7.18. The van der Waals surface area contributed by atoms with E-state index in [0.29, 0.717) is 6.61 Å². The van der Waals surface area contributed by atoms with Crippen molar-refractivity contribution in [3.05, 3.63) is 41.7 Å². The number of aromatic nitrogens is 2. The van der Waals surface area contributed by atoms with Gasteiger partial charge in [0.05, 0.1) is 12.3 Å². The van der Waals surface area contributed by atoms with Gasteiger partial charge in [-0.1, -0.05) is 18.2 Å². The van der Waals surface area contributed by atoms with Gasteiger partial charge in [-0.05, 0) is 25.5 Å². The van der Waals surface area contributed by atoms with Crippen molar-refractivity contribution in [2.24, 2.45) is 0 Å². The van der Waals surface area contributed by atoms with Crippen LogP contribution < -0.4 is 5.32 Å². The van der Waals surface area contributed by atoms with E-state index in [1.165, 1.54) is 5.56 Å². The van der Waals surface area contributed by atoms with Gasteiger partial charge in [-0.25, -0.2) is 4.98 Å². The highest BCUT2D eigenvalue weighted by Gasteiger charge is 2.06. The van der Waals surface area contributed by atoms with Crippen LogP contribution in [0.5, 0.6) is 0 Å². The molecule has 1 N–H and O–H groups in total. The lowest BCUT2D eigenvalue weighted by atomic mass is 10.2. The first-order valence-electron chi connectivity index (χ1n) is 6.06. The minimum atomic E-state index is 0.679. The first-order valence-corrected chi connectivity index (χ1v) is 6.06. The summed E-state index contributed by atoms with van der Waals surface area (Å²) in [5, 5.41) is 3.37. The summed E-state index contributed by atoms with van der Waals surface area (Å²) in [5.41, 5.74) is 3.29. The van der Waals surface area contributed by atoms with Crippen LogP contribution in [0.2, 0.25) is 0 Å². The van der Waals surface area contributed by atoms with E-state index >= 15 is 0 Å². The number of hydrogen-bond donors (Lipinski definition) is 1. The van der Waals surface area contributed by atoms with Crippen LogP contribution in [0, 0.1) is 13.8 Å². The van der Waals surface area contributed by atoms with Crippen LogP contribution in [-0.4, -0.2) is 23.3 Å². The van der Waals surface area contributed by atoms with Gasteiger partial charge in [-0.15, -0.1) is 0 Å². The molecule has 0 saturated carbocycles. The Morgan fingerprint density at radius 2 is 2.06 bits per heavy atom. The predicted molar refractivity (Wildman–Crippen MR) is 73.3 cm³/mol. The molecule has 0 radical (unpaired) electrons. The molecule has 0 aliphatic carbocycles. The number of ether oxygens (including phenoxy) is 1. The van der Waals surface area contributed by atoms with Gasteiger partial charge in [0.25, 0.3) is 0 Å². The van der Waals surface area contributed by atoms with Gasteiger partial charge in [0.15, 0.2) is 0 Å². The largest absolute Gasteiger partial charge is 0.383 e. The average molecular weight is 245 g/mol. The van der Waals surface area contributed by atoms with Gasteiger partial charge in [0, 0.05) is 25.5 Å². The molecule has 0 aliphatic heterocycles. The standard InChI is InChI=1S/C14H19N3O/c1-11-6-4-5-7-13(11)16-14-15-12(2)10-17(14)8-9-18-3/h4-7,10H,8-9H2,1-3H3,(H,15,16). The third kappa shape index (κ3) is 2.90. The van der Waals surface area contributed by atoms with Crippen LogP contribution in [0.1, 0.15) is 11.3 Å². The highest BCUT2D eigenvalue weighted by molar-refractivity contribution is 5.58. The van der Waals surface area contributed by atoms with Crippen molar-refractivity contribution in [2.75, 3.05) is 19.0 Å². The van der Waals surface area contributed by atoms with Crippen LogP contribution >= 0.6 is 0 Å². The molecule has 2 rings (SSSR count). The van der Waals surface area contributed by atoms with Gasteiger partial charge in [0.2, 0.25) is 5.95 Å². The first-order chi connectivity index (χ1) is 8.70. The van der Waals surface area contributed by atoms with Crippen LogP contribution in [0.25, 0.3) is 0 Å². The Balaban J connectivity index is 2.20. The third-order valence-corrected chi connectivity index (χ3v) is 2.82. The van der Waals surface area contributed by atoms with E-state index in [2.05, 4.69) is 33.9 Å². The predicted octanol–water partition coefficient (Wildman–Crippen LogP) is 2.89. The molecular weight excluding hydrogens is 226 g/mol. The number of aryl methyl sites for hydroxylation is 2. The van der Waals surface area contributed by atoms with Crippen molar-refractivity contribution in [1.29, 1.82) is 0 Å². The molecule has 4 nitrogen and oxygen atoms in total. The zero-order valence-corrected chi connectivity index (χ0v) is 11.1. The number of benzene rings is 1. The van der Waals surface area contributed by atoms with Crippen LogP contribution in [0.3, 0.4) is 0 Å². The van der Waals surface area contributed by atoms with Gasteiger partial charge in [0.1, 0.15) is 0 Å². The summed E-state index contributed by atoms with van der Waals surface area (Å²) in [5.74, 6) is 0.860. The number of nitrogens with zero attached hydrogens (tertiary/aromatic N) is 2. The smallest absolute Gasteiger partial charge is 0.207 e. The normalized spacial score (nSPS) is 10.6. The number of methoxy groups -OCH3 is 1. The molecule has 0 atom stereocenters. The molecule has 1 aromatic carbocycles. The lowest BCUT2D eigenvalue weighted by molar-refractivity contribution is 0.188. The van der Waals surface area contributed by atoms with Crippen LogP contribution in [0.15, 0.2) is 30.5 Å². The fourth-order valence-corrected chi connectivity index (χ4v) is 1.84. The van der Waals surface area contributed by atoms with Crippen molar-refractivity contribution in [3.8, 4) is 0 Å². The molecule has 4 heteroatoms. The number of imidazole rings is 1. The van der Waals surface area contributed by atoms with Crippen molar-refractivity contribution >= 4 is 11.6 Å². The number of nitrogens with one attached hydrogen (secondary N) is 1. The zero-order chi connectivity index (χ0) is 13.0. The SMILES string of the molecule is COCCn1cc(C)nc1Nc1ccccc1C. The molecule has 18 heavy (non-hydrogen) atoms. The number of hydrogen-bond acceptors (Lipinski definition) is 3. The summed E-state index contributed by atoms with van der Waals surface area (Å²) in [6, 6.07) is 8.19. The van der Waals surface area contributed by atoms with E-state index in [1.807, 2.05) is 25.3 Å². The quantitative estimate of drug-likeness (QED) is 0.880.